The van der Waals surface area contributed by atoms with Crippen molar-refractivity contribution < 1.29 is 76.8 Å². The van der Waals surface area contributed by atoms with Crippen molar-refractivity contribution in [2.24, 2.45) is 0 Å². The van der Waals surface area contributed by atoms with E-state index in [2.05, 4.69) is 9.84 Å². The van der Waals surface area contributed by atoms with Gasteiger partial charge in [-0.3, -0.25) is 4.79 Å². The minimum atomic E-state index is -4.87. The fourth-order valence-corrected chi connectivity index (χ4v) is 4.31. The number of aliphatic carboxylic acids is 1. The number of alkyl halides is 3. The van der Waals surface area contributed by atoms with Crippen molar-refractivity contribution in [3.63, 3.8) is 0 Å². The number of nitrogens with zero attached hydrogens (tertiary/aromatic N) is 3. The zero-order valence-corrected chi connectivity index (χ0v) is 26.0. The maximum absolute atomic E-state index is 13.7. The minimum absolute atomic E-state index is 0. The van der Waals surface area contributed by atoms with Crippen LogP contribution in [0.4, 0.5) is 17.6 Å². The van der Waals surface area contributed by atoms with E-state index in [1.54, 1.807) is 13.8 Å². The van der Waals surface area contributed by atoms with Crippen molar-refractivity contribution >= 4 is 18.0 Å². The molecule has 2 aromatic carbocycles. The number of aliphatic hydroxyl groups excluding tert-OH is 2. The van der Waals surface area contributed by atoms with Gasteiger partial charge in [-0.05, 0) is 54.0 Å². The Morgan fingerprint density at radius 3 is 2.37 bits per heavy atom. The molecule has 0 fully saturated rings. The molecule has 2 atom stereocenters. The average molecular weight is 616 g/mol. The molecule has 0 saturated heterocycles. The smallest absolute Gasteiger partial charge is 0.550 e. The van der Waals surface area contributed by atoms with Gasteiger partial charge < -0.3 is 29.8 Å². The summed E-state index contributed by atoms with van der Waals surface area (Å²) in [4.78, 5) is 25.6. The maximum atomic E-state index is 13.7. The van der Waals surface area contributed by atoms with Crippen molar-refractivity contribution in [2.45, 2.75) is 57.7 Å². The van der Waals surface area contributed by atoms with Crippen LogP contribution in [0, 0.1) is 5.82 Å². The normalized spacial score (nSPS) is 13.1. The predicted molar refractivity (Wildman–Crippen MR) is 142 cm³/mol. The molecular formula is C29H30F4N3NaO6. The average Bonchev–Trinajstić information content (AvgIpc) is 3.25. The molecule has 9 nitrogen and oxygen atoms in total. The molecule has 2 N–H and O–H groups in total. The van der Waals surface area contributed by atoms with E-state index in [9.17, 15) is 42.5 Å². The summed E-state index contributed by atoms with van der Waals surface area (Å²) in [6, 6.07) is 10.5. The molecule has 0 bridgehead atoms. The van der Waals surface area contributed by atoms with Gasteiger partial charge in [0.15, 0.2) is 5.69 Å². The molecule has 14 heteroatoms. The van der Waals surface area contributed by atoms with Gasteiger partial charge in [0, 0.05) is 38.0 Å². The van der Waals surface area contributed by atoms with Gasteiger partial charge in [0.2, 0.25) is 0 Å². The predicted octanol–water partition coefficient (Wildman–Crippen LogP) is 0.575. The summed E-state index contributed by atoms with van der Waals surface area (Å²) in [6.45, 7) is 3.53. The van der Waals surface area contributed by atoms with Gasteiger partial charge >= 0.3 is 35.9 Å². The Morgan fingerprint density at radius 1 is 1.14 bits per heavy atom. The van der Waals surface area contributed by atoms with E-state index in [1.807, 2.05) is 0 Å². The number of carboxylic acids is 1. The summed E-state index contributed by atoms with van der Waals surface area (Å²) < 4.78 is 57.0. The van der Waals surface area contributed by atoms with E-state index in [4.69, 9.17) is 0 Å². The molecule has 226 valence electrons. The first-order chi connectivity index (χ1) is 19.6. The van der Waals surface area contributed by atoms with Gasteiger partial charge in [0.05, 0.1) is 23.6 Å². The van der Waals surface area contributed by atoms with Gasteiger partial charge in [0.1, 0.15) is 11.6 Å². The van der Waals surface area contributed by atoms with Crippen molar-refractivity contribution in [1.82, 2.24) is 14.7 Å². The summed E-state index contributed by atoms with van der Waals surface area (Å²) in [5.41, 5.74) is 1.61. The molecule has 0 aliphatic carbocycles. The zero-order chi connectivity index (χ0) is 31.2. The molecule has 0 saturated carbocycles. The summed E-state index contributed by atoms with van der Waals surface area (Å²) in [7, 11) is 1.46. The summed E-state index contributed by atoms with van der Waals surface area (Å²) in [5, 5.41) is 35.5. The second-order valence-electron chi connectivity index (χ2n) is 9.94. The van der Waals surface area contributed by atoms with Crippen molar-refractivity contribution in [3.05, 3.63) is 82.9 Å². The van der Waals surface area contributed by atoms with Crippen LogP contribution in [0.25, 0.3) is 11.8 Å². The second-order valence-corrected chi connectivity index (χ2v) is 9.94. The van der Waals surface area contributed by atoms with Gasteiger partial charge in [-0.15, -0.1) is 13.2 Å². The molecule has 0 radical (unpaired) electrons. The molecule has 1 heterocycles. The van der Waals surface area contributed by atoms with E-state index in [1.165, 1.54) is 71.2 Å². The largest absolute Gasteiger partial charge is 1.00 e. The van der Waals surface area contributed by atoms with Crippen LogP contribution in [0.15, 0.2) is 54.6 Å². The van der Waals surface area contributed by atoms with Crippen LogP contribution in [0.3, 0.4) is 0 Å². The first-order valence-electron chi connectivity index (χ1n) is 12.9. The first kappa shape index (κ1) is 36.0. The van der Waals surface area contributed by atoms with Crippen LogP contribution in [0.2, 0.25) is 0 Å². The molecule has 1 aromatic heterocycles. The number of aliphatic hydroxyl groups is 2. The number of halogens is 4. The van der Waals surface area contributed by atoms with Crippen LogP contribution >= 0.6 is 0 Å². The summed E-state index contributed by atoms with van der Waals surface area (Å²) in [5.74, 6) is -3.25. The number of rotatable bonds is 12. The second kappa shape index (κ2) is 15.5. The molecular weight excluding hydrogens is 585 g/mol. The van der Waals surface area contributed by atoms with Crippen LogP contribution in [-0.2, 0) is 11.3 Å². The third-order valence-electron chi connectivity index (χ3n) is 6.10. The summed E-state index contributed by atoms with van der Waals surface area (Å²) in [6.07, 6.45) is -5.66. The van der Waals surface area contributed by atoms with Crippen molar-refractivity contribution in [2.75, 3.05) is 7.05 Å². The Hall–Kier alpha value is -3.23. The van der Waals surface area contributed by atoms with Crippen LogP contribution in [-0.4, -0.2) is 62.4 Å². The molecule has 3 rings (SSSR count). The zero-order valence-electron chi connectivity index (χ0n) is 24.0. The number of ether oxygens (including phenoxy) is 1. The number of hydrogen-bond acceptors (Lipinski definition) is 7. The molecule has 0 aliphatic heterocycles. The van der Waals surface area contributed by atoms with Gasteiger partial charge in [-0.1, -0.05) is 32.1 Å². The molecule has 1 amide bonds. The van der Waals surface area contributed by atoms with Gasteiger partial charge in [0.25, 0.3) is 5.91 Å². The van der Waals surface area contributed by atoms with Crippen LogP contribution in [0.5, 0.6) is 5.75 Å². The van der Waals surface area contributed by atoms with E-state index >= 15 is 0 Å². The Balaban J connectivity index is 0.00000645. The molecule has 0 aliphatic rings. The number of hydrogen-bond donors (Lipinski definition) is 2. The molecule has 3 aromatic rings. The third kappa shape index (κ3) is 10.5. The van der Waals surface area contributed by atoms with E-state index in [0.717, 1.165) is 6.07 Å². The number of benzene rings is 2. The number of carbonyl (C=O) groups is 2. The van der Waals surface area contributed by atoms with Crippen LogP contribution < -0.4 is 39.4 Å². The fraction of sp³-hybridized carbons (Fsp3) is 0.345. The van der Waals surface area contributed by atoms with Crippen molar-refractivity contribution in [1.29, 1.82) is 0 Å². The number of carboxylic acid groups (broad SMARTS) is 1. The first-order valence-corrected chi connectivity index (χ1v) is 12.9. The number of amides is 1. The maximum Gasteiger partial charge on any atom is 1.00 e. The molecule has 43 heavy (non-hydrogen) atoms. The standard InChI is InChI=1S/C29H31F4N3O6.Na/c1-17(2)26-24(12-11-21(37)14-22(38)15-25(39)40)36(20-9-7-19(30)8-10-20)34-27(26)28(41)35(3)16-18-5-4-6-23(13-18)42-29(31,32)33;/h4-13,17,21-22,37-38H,14-16H2,1-3H3,(H,39,40);/q;+1/p-1/t21-,22+;/m0./s1. The molecule has 0 unspecified atom stereocenters. The monoisotopic (exact) mass is 615 g/mol. The molecule has 0 spiro atoms. The van der Waals surface area contributed by atoms with Crippen molar-refractivity contribution in [3.8, 4) is 11.4 Å². The Labute approximate surface area is 267 Å². The van der Waals surface area contributed by atoms with E-state index in [0.29, 0.717) is 22.5 Å². The van der Waals surface area contributed by atoms with Crippen LogP contribution in [0.1, 0.15) is 59.9 Å². The fourth-order valence-electron chi connectivity index (χ4n) is 4.31. The minimum Gasteiger partial charge on any atom is -0.550 e. The van der Waals surface area contributed by atoms with E-state index in [-0.39, 0.29) is 54.1 Å². The quantitative estimate of drug-likeness (QED) is 0.225. The summed E-state index contributed by atoms with van der Waals surface area (Å²) >= 11 is 0. The Bertz CT molecular complexity index is 1430. The van der Waals surface area contributed by atoms with Gasteiger partial charge in [-0.2, -0.15) is 5.10 Å². The topological polar surface area (TPSA) is 128 Å². The van der Waals surface area contributed by atoms with Gasteiger partial charge in [-0.25, -0.2) is 9.07 Å². The number of aromatic nitrogens is 2. The van der Waals surface area contributed by atoms with E-state index < -0.39 is 48.4 Å². The Kier molecular flexibility index (Phi) is 12.9. The number of carbonyl (C=O) groups excluding carboxylic acids is 2. The SMILES string of the molecule is CC(C)c1c(C(=O)N(C)Cc2cccc(OC(F)(F)F)c2)nn(-c2ccc(F)cc2)c1C=C[C@H](O)C[C@@H](O)CC(=O)[O-].[Na+]. The third-order valence-corrected chi connectivity index (χ3v) is 6.10. The Morgan fingerprint density at radius 2 is 1.79 bits per heavy atom.